The second-order valence-corrected chi connectivity index (χ2v) is 6.39. The van der Waals surface area contributed by atoms with Gasteiger partial charge in [-0.25, -0.2) is 22.3 Å². The molecule has 114 valence electrons. The lowest BCUT2D eigenvalue weighted by Gasteiger charge is -2.09. The molecule has 0 radical (unpaired) electrons. The van der Waals surface area contributed by atoms with Crippen molar-refractivity contribution in [3.05, 3.63) is 35.6 Å². The van der Waals surface area contributed by atoms with E-state index in [-0.39, 0.29) is 18.7 Å². The summed E-state index contributed by atoms with van der Waals surface area (Å²) < 4.78 is 38.7. The van der Waals surface area contributed by atoms with Gasteiger partial charge >= 0.3 is 6.03 Å². The summed E-state index contributed by atoms with van der Waals surface area (Å²) in [5.41, 5.74) is 0.454. The van der Waals surface area contributed by atoms with E-state index >= 15 is 0 Å². The maximum Gasteiger partial charge on any atom is 0.322 e. The molecule has 1 aromatic carbocycles. The second-order valence-electron chi connectivity index (χ2n) is 4.58. The third kappa shape index (κ3) is 4.50. The van der Waals surface area contributed by atoms with Crippen molar-refractivity contribution in [3.63, 3.8) is 0 Å². The number of benzene rings is 1. The number of sulfonamides is 1. The van der Waals surface area contributed by atoms with Crippen molar-refractivity contribution in [2.24, 2.45) is 0 Å². The van der Waals surface area contributed by atoms with E-state index in [1.807, 2.05) is 0 Å². The standard InChI is InChI=1S/C12H14FN3O4S/c13-9-3-1-8(2-4-9)7-21(19,20)14-6-5-10-11(17)16-12(18)15-10/h1-4,10,14H,5-7H2,(H2,15,16,17,18). The minimum Gasteiger partial charge on any atom is -0.326 e. The molecule has 3 amide bonds. The van der Waals surface area contributed by atoms with Gasteiger partial charge in [0, 0.05) is 6.54 Å². The van der Waals surface area contributed by atoms with Gasteiger partial charge in [-0.2, -0.15) is 0 Å². The Labute approximate surface area is 121 Å². The van der Waals surface area contributed by atoms with Gasteiger partial charge in [0.15, 0.2) is 0 Å². The van der Waals surface area contributed by atoms with E-state index < -0.39 is 33.8 Å². The fourth-order valence-electron chi connectivity index (χ4n) is 1.87. The zero-order valence-electron chi connectivity index (χ0n) is 10.9. The fourth-order valence-corrected chi connectivity index (χ4v) is 3.03. The van der Waals surface area contributed by atoms with Crippen LogP contribution in [0.25, 0.3) is 0 Å². The van der Waals surface area contributed by atoms with Crippen LogP contribution in [0.3, 0.4) is 0 Å². The second kappa shape index (κ2) is 6.19. The average Bonchev–Trinajstić information content (AvgIpc) is 2.70. The Balaban J connectivity index is 1.83. The lowest BCUT2D eigenvalue weighted by atomic mass is 10.2. The number of hydrogen-bond acceptors (Lipinski definition) is 4. The lowest BCUT2D eigenvalue weighted by Crippen LogP contribution is -2.35. The van der Waals surface area contributed by atoms with E-state index in [4.69, 9.17) is 0 Å². The van der Waals surface area contributed by atoms with Crippen LogP contribution < -0.4 is 15.4 Å². The first kappa shape index (κ1) is 15.4. The van der Waals surface area contributed by atoms with Crippen molar-refractivity contribution in [2.45, 2.75) is 18.2 Å². The third-order valence-electron chi connectivity index (χ3n) is 2.88. The summed E-state index contributed by atoms with van der Waals surface area (Å²) in [4.78, 5) is 22.1. The molecule has 1 fully saturated rings. The van der Waals surface area contributed by atoms with Crippen LogP contribution in [-0.2, 0) is 20.6 Å². The van der Waals surface area contributed by atoms with Crippen LogP contribution in [0.1, 0.15) is 12.0 Å². The molecule has 1 aliphatic rings. The summed E-state index contributed by atoms with van der Waals surface area (Å²) in [6, 6.07) is 3.83. The van der Waals surface area contributed by atoms with Crippen LogP contribution in [0.5, 0.6) is 0 Å². The maximum atomic E-state index is 12.7. The van der Waals surface area contributed by atoms with Crippen molar-refractivity contribution in [1.82, 2.24) is 15.4 Å². The van der Waals surface area contributed by atoms with Crippen LogP contribution >= 0.6 is 0 Å². The first-order valence-corrected chi connectivity index (χ1v) is 7.84. The predicted molar refractivity (Wildman–Crippen MR) is 72.1 cm³/mol. The third-order valence-corrected chi connectivity index (χ3v) is 4.24. The van der Waals surface area contributed by atoms with Crippen molar-refractivity contribution < 1.29 is 22.4 Å². The quantitative estimate of drug-likeness (QED) is 0.635. The number of carbonyl (C=O) groups is 2. The smallest absolute Gasteiger partial charge is 0.322 e. The number of halogens is 1. The zero-order valence-corrected chi connectivity index (χ0v) is 11.7. The van der Waals surface area contributed by atoms with Crippen LogP contribution in [0, 0.1) is 5.82 Å². The highest BCUT2D eigenvalue weighted by atomic mass is 32.2. The molecule has 1 aromatic rings. The summed E-state index contributed by atoms with van der Waals surface area (Å²) in [6.07, 6.45) is 0.153. The summed E-state index contributed by atoms with van der Waals surface area (Å²) in [7, 11) is -3.59. The van der Waals surface area contributed by atoms with E-state index in [1.54, 1.807) is 0 Å². The summed E-state index contributed by atoms with van der Waals surface area (Å²) in [6.45, 7) is 0.0158. The molecule has 0 bridgehead atoms. The Hall–Kier alpha value is -2.00. The van der Waals surface area contributed by atoms with Gasteiger partial charge in [-0.05, 0) is 24.1 Å². The highest BCUT2D eigenvalue weighted by molar-refractivity contribution is 7.88. The van der Waals surface area contributed by atoms with Crippen LogP contribution in [0.2, 0.25) is 0 Å². The molecule has 3 N–H and O–H groups in total. The highest BCUT2D eigenvalue weighted by Crippen LogP contribution is 2.07. The molecule has 9 heteroatoms. The first-order valence-electron chi connectivity index (χ1n) is 6.19. The molecule has 0 saturated carbocycles. The highest BCUT2D eigenvalue weighted by Gasteiger charge is 2.29. The van der Waals surface area contributed by atoms with Crippen molar-refractivity contribution in [3.8, 4) is 0 Å². The number of imide groups is 1. The molecule has 2 rings (SSSR count). The van der Waals surface area contributed by atoms with Gasteiger partial charge in [0.25, 0.3) is 5.91 Å². The normalized spacial score (nSPS) is 18.4. The number of rotatable bonds is 6. The zero-order chi connectivity index (χ0) is 15.5. The van der Waals surface area contributed by atoms with Gasteiger partial charge in [-0.1, -0.05) is 12.1 Å². The largest absolute Gasteiger partial charge is 0.326 e. The van der Waals surface area contributed by atoms with Gasteiger partial charge in [0.1, 0.15) is 11.9 Å². The van der Waals surface area contributed by atoms with Gasteiger partial charge < -0.3 is 5.32 Å². The molecule has 21 heavy (non-hydrogen) atoms. The molecule has 1 atom stereocenters. The van der Waals surface area contributed by atoms with Crippen molar-refractivity contribution >= 4 is 22.0 Å². The lowest BCUT2D eigenvalue weighted by molar-refractivity contribution is -0.120. The first-order chi connectivity index (χ1) is 9.85. The molecule has 0 aromatic heterocycles. The summed E-state index contributed by atoms with van der Waals surface area (Å²) in [5, 5.41) is 4.43. The predicted octanol–water partition coefficient (Wildman–Crippen LogP) is -0.157. The number of amides is 3. The van der Waals surface area contributed by atoms with Gasteiger partial charge in [0.05, 0.1) is 5.75 Å². The fraction of sp³-hybridized carbons (Fsp3) is 0.333. The van der Waals surface area contributed by atoms with E-state index in [1.165, 1.54) is 24.3 Å². The summed E-state index contributed by atoms with van der Waals surface area (Å²) in [5.74, 6) is -1.19. The van der Waals surface area contributed by atoms with Crippen molar-refractivity contribution in [1.29, 1.82) is 0 Å². The summed E-state index contributed by atoms with van der Waals surface area (Å²) >= 11 is 0. The monoisotopic (exact) mass is 315 g/mol. The number of hydrogen-bond donors (Lipinski definition) is 3. The van der Waals surface area contributed by atoms with E-state index in [9.17, 15) is 22.4 Å². The number of urea groups is 1. The minimum atomic E-state index is -3.59. The van der Waals surface area contributed by atoms with E-state index in [2.05, 4.69) is 15.4 Å². The number of carbonyl (C=O) groups excluding carboxylic acids is 2. The molecular formula is C12H14FN3O4S. The molecule has 7 nitrogen and oxygen atoms in total. The van der Waals surface area contributed by atoms with Crippen LogP contribution in [0.4, 0.5) is 9.18 Å². The van der Waals surface area contributed by atoms with E-state index in [0.29, 0.717) is 5.56 Å². The Morgan fingerprint density at radius 1 is 1.19 bits per heavy atom. The minimum absolute atomic E-state index is 0.0158. The molecule has 1 aliphatic heterocycles. The van der Waals surface area contributed by atoms with Crippen LogP contribution in [0.15, 0.2) is 24.3 Å². The molecule has 1 heterocycles. The molecule has 0 aliphatic carbocycles. The Morgan fingerprint density at radius 2 is 1.86 bits per heavy atom. The van der Waals surface area contributed by atoms with Crippen molar-refractivity contribution in [2.75, 3.05) is 6.54 Å². The van der Waals surface area contributed by atoms with Gasteiger partial charge in [-0.3, -0.25) is 10.1 Å². The Morgan fingerprint density at radius 3 is 2.43 bits per heavy atom. The number of nitrogens with one attached hydrogen (secondary N) is 3. The topological polar surface area (TPSA) is 104 Å². The Kier molecular flexibility index (Phi) is 4.53. The SMILES string of the molecule is O=C1NC(=O)C(CCNS(=O)(=O)Cc2ccc(F)cc2)N1. The van der Waals surface area contributed by atoms with Gasteiger partial charge in [0.2, 0.25) is 10.0 Å². The van der Waals surface area contributed by atoms with Gasteiger partial charge in [-0.15, -0.1) is 0 Å². The maximum absolute atomic E-state index is 12.7. The molecule has 1 unspecified atom stereocenters. The molecular weight excluding hydrogens is 301 g/mol. The Bertz CT molecular complexity index is 645. The average molecular weight is 315 g/mol. The molecule has 0 spiro atoms. The van der Waals surface area contributed by atoms with E-state index in [0.717, 1.165) is 0 Å². The molecule has 1 saturated heterocycles. The van der Waals surface area contributed by atoms with Crippen LogP contribution in [-0.4, -0.2) is 32.9 Å².